The summed E-state index contributed by atoms with van der Waals surface area (Å²) in [6, 6.07) is 14.6. The highest BCUT2D eigenvalue weighted by atomic mass is 16.5. The minimum atomic E-state index is 0.482. The van der Waals surface area contributed by atoms with Crippen LogP contribution in [0.25, 0.3) is 10.9 Å². The van der Waals surface area contributed by atoms with E-state index in [1.54, 1.807) is 6.08 Å². The number of ether oxygens (including phenoxy) is 2. The van der Waals surface area contributed by atoms with Gasteiger partial charge in [0.1, 0.15) is 13.2 Å². The number of aromatic amines is 1. The highest BCUT2D eigenvalue weighted by Crippen LogP contribution is 2.28. The lowest BCUT2D eigenvalue weighted by Gasteiger charge is -2.12. The van der Waals surface area contributed by atoms with Crippen molar-refractivity contribution in [1.29, 1.82) is 0 Å². The Bertz CT molecular complexity index is 854. The number of fused-ring (bicyclic) bond motifs is 1. The molecule has 0 radical (unpaired) electrons. The third kappa shape index (κ3) is 4.46. The Morgan fingerprint density at radius 1 is 1.12 bits per heavy atom. The average molecular weight is 351 g/mol. The molecule has 4 heteroatoms. The first-order valence-corrected chi connectivity index (χ1v) is 9.18. The number of benzene rings is 2. The molecule has 0 saturated heterocycles. The Labute approximate surface area is 154 Å². The highest BCUT2D eigenvalue weighted by Gasteiger charge is 2.08. The van der Waals surface area contributed by atoms with Crippen LogP contribution >= 0.6 is 0 Å². The first-order chi connectivity index (χ1) is 12.8. The van der Waals surface area contributed by atoms with Crippen molar-refractivity contribution in [3.8, 4) is 11.5 Å². The number of quaternary nitrogens is 1. The van der Waals surface area contributed by atoms with Gasteiger partial charge in [0.05, 0.1) is 13.2 Å². The van der Waals surface area contributed by atoms with Gasteiger partial charge in [-0.3, -0.25) is 0 Å². The molecule has 0 amide bonds. The summed E-state index contributed by atoms with van der Waals surface area (Å²) in [4.78, 5) is 3.34. The molecule has 0 spiro atoms. The number of aromatic nitrogens is 1. The molecule has 0 saturated carbocycles. The van der Waals surface area contributed by atoms with Gasteiger partial charge in [-0.1, -0.05) is 30.9 Å². The normalized spacial score (nSPS) is 10.8. The molecule has 3 aromatic rings. The molecule has 1 heterocycles. The van der Waals surface area contributed by atoms with E-state index in [2.05, 4.69) is 59.5 Å². The van der Waals surface area contributed by atoms with Gasteiger partial charge in [0, 0.05) is 29.1 Å². The van der Waals surface area contributed by atoms with Crippen LogP contribution in [-0.2, 0) is 13.0 Å². The zero-order valence-corrected chi connectivity index (χ0v) is 15.3. The molecule has 26 heavy (non-hydrogen) atoms. The van der Waals surface area contributed by atoms with Gasteiger partial charge in [-0.05, 0) is 36.8 Å². The molecule has 0 unspecified atom stereocenters. The van der Waals surface area contributed by atoms with Crippen LogP contribution < -0.4 is 14.8 Å². The number of nitrogens with one attached hydrogen (secondary N) is 1. The van der Waals surface area contributed by atoms with Crippen molar-refractivity contribution in [2.75, 3.05) is 19.8 Å². The van der Waals surface area contributed by atoms with Crippen molar-refractivity contribution in [2.24, 2.45) is 0 Å². The van der Waals surface area contributed by atoms with Crippen LogP contribution in [0, 0.1) is 0 Å². The van der Waals surface area contributed by atoms with E-state index in [1.165, 1.54) is 22.0 Å². The van der Waals surface area contributed by atoms with Gasteiger partial charge in [-0.15, -0.1) is 0 Å². The SMILES string of the molecule is C=CCOc1ccc(C[NH2+]CCc2c[nH]c3ccccc23)cc1OCC. The first-order valence-electron chi connectivity index (χ1n) is 9.18. The van der Waals surface area contributed by atoms with Gasteiger partial charge >= 0.3 is 0 Å². The molecular formula is C22H27N2O2+. The van der Waals surface area contributed by atoms with Crippen LogP contribution in [0.1, 0.15) is 18.1 Å². The molecular weight excluding hydrogens is 324 g/mol. The lowest BCUT2D eigenvalue weighted by atomic mass is 10.1. The van der Waals surface area contributed by atoms with E-state index in [-0.39, 0.29) is 0 Å². The lowest BCUT2D eigenvalue weighted by Crippen LogP contribution is -2.83. The van der Waals surface area contributed by atoms with Gasteiger partial charge in [0.2, 0.25) is 0 Å². The quantitative estimate of drug-likeness (QED) is 0.434. The molecule has 4 nitrogen and oxygen atoms in total. The summed E-state index contributed by atoms with van der Waals surface area (Å²) >= 11 is 0. The highest BCUT2D eigenvalue weighted by molar-refractivity contribution is 5.82. The fraction of sp³-hybridized carbons (Fsp3) is 0.273. The Kier molecular flexibility index (Phi) is 6.34. The summed E-state index contributed by atoms with van der Waals surface area (Å²) in [7, 11) is 0. The molecule has 0 bridgehead atoms. The predicted octanol–water partition coefficient (Wildman–Crippen LogP) is 3.44. The van der Waals surface area contributed by atoms with E-state index in [1.807, 2.05) is 13.0 Å². The second kappa shape index (κ2) is 9.11. The van der Waals surface area contributed by atoms with Crippen LogP contribution in [0.15, 0.2) is 61.3 Å². The summed E-state index contributed by atoms with van der Waals surface area (Å²) in [5.41, 5.74) is 3.82. The van der Waals surface area contributed by atoms with Crippen molar-refractivity contribution >= 4 is 10.9 Å². The number of nitrogens with two attached hydrogens (primary N) is 1. The average Bonchev–Trinajstić information content (AvgIpc) is 3.08. The molecule has 0 aliphatic heterocycles. The molecule has 0 aliphatic rings. The standard InChI is InChI=1S/C22H26N2O2/c1-3-13-26-21-10-9-17(14-22(21)25-4-2)15-23-12-11-18-16-24-20-8-6-5-7-19(18)20/h3,5-10,14,16,23-24H,1,4,11-13,15H2,2H3/p+1. The summed E-state index contributed by atoms with van der Waals surface area (Å²) in [6.45, 7) is 8.74. The minimum Gasteiger partial charge on any atom is -0.490 e. The largest absolute Gasteiger partial charge is 0.490 e. The first kappa shape index (κ1) is 18.1. The fourth-order valence-corrected chi connectivity index (χ4v) is 3.08. The van der Waals surface area contributed by atoms with Gasteiger partial charge < -0.3 is 19.8 Å². The summed E-state index contributed by atoms with van der Waals surface area (Å²) < 4.78 is 11.4. The van der Waals surface area contributed by atoms with Crippen molar-refractivity contribution < 1.29 is 14.8 Å². The monoisotopic (exact) mass is 351 g/mol. The minimum absolute atomic E-state index is 0.482. The topological polar surface area (TPSA) is 50.9 Å². The third-order valence-corrected chi connectivity index (χ3v) is 4.34. The summed E-state index contributed by atoms with van der Waals surface area (Å²) in [5, 5.41) is 3.65. The van der Waals surface area contributed by atoms with E-state index >= 15 is 0 Å². The van der Waals surface area contributed by atoms with E-state index in [0.29, 0.717) is 13.2 Å². The van der Waals surface area contributed by atoms with E-state index in [4.69, 9.17) is 9.47 Å². The third-order valence-electron chi connectivity index (χ3n) is 4.34. The number of hydrogen-bond acceptors (Lipinski definition) is 2. The van der Waals surface area contributed by atoms with Crippen molar-refractivity contribution in [3.63, 3.8) is 0 Å². The molecule has 3 N–H and O–H groups in total. The molecule has 0 atom stereocenters. The molecule has 2 aromatic carbocycles. The zero-order chi connectivity index (χ0) is 18.2. The molecule has 136 valence electrons. The van der Waals surface area contributed by atoms with Gasteiger partial charge in [0.15, 0.2) is 11.5 Å². The number of hydrogen-bond donors (Lipinski definition) is 2. The van der Waals surface area contributed by atoms with Crippen LogP contribution in [0.2, 0.25) is 0 Å². The zero-order valence-electron chi connectivity index (χ0n) is 15.3. The number of H-pyrrole nitrogens is 1. The van der Waals surface area contributed by atoms with E-state index < -0.39 is 0 Å². The van der Waals surface area contributed by atoms with E-state index in [9.17, 15) is 0 Å². The summed E-state index contributed by atoms with van der Waals surface area (Å²) in [6.07, 6.45) is 4.91. The molecule has 0 aliphatic carbocycles. The van der Waals surface area contributed by atoms with Crippen molar-refractivity contribution in [1.82, 2.24) is 4.98 Å². The second-order valence-corrected chi connectivity index (χ2v) is 6.20. The smallest absolute Gasteiger partial charge is 0.161 e. The summed E-state index contributed by atoms with van der Waals surface area (Å²) in [5.74, 6) is 1.58. The lowest BCUT2D eigenvalue weighted by molar-refractivity contribution is -0.670. The van der Waals surface area contributed by atoms with Crippen molar-refractivity contribution in [3.05, 3.63) is 72.4 Å². The Hall–Kier alpha value is -2.72. The molecule has 1 aromatic heterocycles. The Morgan fingerprint density at radius 3 is 2.85 bits per heavy atom. The number of para-hydroxylation sites is 1. The van der Waals surface area contributed by atoms with Gasteiger partial charge in [-0.2, -0.15) is 0 Å². The second-order valence-electron chi connectivity index (χ2n) is 6.20. The van der Waals surface area contributed by atoms with Crippen LogP contribution in [-0.4, -0.2) is 24.7 Å². The predicted molar refractivity (Wildman–Crippen MR) is 106 cm³/mol. The van der Waals surface area contributed by atoms with Gasteiger partial charge in [-0.25, -0.2) is 0 Å². The van der Waals surface area contributed by atoms with Crippen LogP contribution in [0.4, 0.5) is 0 Å². The van der Waals surface area contributed by atoms with Crippen LogP contribution in [0.5, 0.6) is 11.5 Å². The van der Waals surface area contributed by atoms with Crippen LogP contribution in [0.3, 0.4) is 0 Å². The maximum absolute atomic E-state index is 5.71. The Balaban J connectivity index is 1.55. The fourth-order valence-electron chi connectivity index (χ4n) is 3.08. The Morgan fingerprint density at radius 2 is 2.00 bits per heavy atom. The molecule has 0 fully saturated rings. The number of rotatable bonds is 10. The van der Waals surface area contributed by atoms with Crippen molar-refractivity contribution in [2.45, 2.75) is 19.9 Å². The molecule has 3 rings (SSSR count). The maximum atomic E-state index is 5.71. The van der Waals surface area contributed by atoms with E-state index in [0.717, 1.165) is 31.0 Å². The maximum Gasteiger partial charge on any atom is 0.161 e. The van der Waals surface area contributed by atoms with Gasteiger partial charge in [0.25, 0.3) is 0 Å².